The third-order valence-corrected chi connectivity index (χ3v) is 2.70. The third-order valence-electron chi connectivity index (χ3n) is 2.70. The van der Waals surface area contributed by atoms with Crippen LogP contribution in [0.5, 0.6) is 0 Å². The topological polar surface area (TPSA) is 37.3 Å². The van der Waals surface area contributed by atoms with Gasteiger partial charge >= 0.3 is 0 Å². The maximum Gasteiger partial charge on any atom is 0.158 e. The number of hydrogen-bond acceptors (Lipinski definition) is 2. The largest absolute Gasteiger partial charge is 0.393 e. The Morgan fingerprint density at radius 1 is 1.41 bits per heavy atom. The second-order valence-corrected chi connectivity index (χ2v) is 4.30. The summed E-state index contributed by atoms with van der Waals surface area (Å²) in [5, 5.41) is 9.52. The number of hydrogen-bond donors (Lipinski definition) is 1. The molecule has 0 saturated carbocycles. The summed E-state index contributed by atoms with van der Waals surface area (Å²) in [7, 11) is 0. The predicted molar refractivity (Wildman–Crippen MR) is 70.8 cm³/mol. The van der Waals surface area contributed by atoms with Gasteiger partial charge in [-0.2, -0.15) is 0 Å². The van der Waals surface area contributed by atoms with E-state index in [4.69, 9.17) is 0 Å². The summed E-state index contributed by atoms with van der Waals surface area (Å²) in [5.41, 5.74) is 2.19. The van der Waals surface area contributed by atoms with Crippen molar-refractivity contribution in [1.82, 2.24) is 0 Å². The highest BCUT2D eigenvalue weighted by Crippen LogP contribution is 2.10. The molecule has 0 amide bonds. The van der Waals surface area contributed by atoms with E-state index in [9.17, 15) is 9.90 Å². The molecule has 0 spiro atoms. The van der Waals surface area contributed by atoms with Crippen molar-refractivity contribution in [2.24, 2.45) is 0 Å². The molecular formula is C15H20O2. The van der Waals surface area contributed by atoms with Crippen LogP contribution in [0.1, 0.15) is 37.3 Å². The highest BCUT2D eigenvalue weighted by Gasteiger charge is 2.06. The fourth-order valence-electron chi connectivity index (χ4n) is 1.69. The first kappa shape index (κ1) is 13.7. The van der Waals surface area contributed by atoms with E-state index in [1.165, 1.54) is 0 Å². The molecule has 17 heavy (non-hydrogen) atoms. The SMILES string of the molecule is CCCC(O)CC(=O)/C=C/c1ccccc1C. The van der Waals surface area contributed by atoms with Gasteiger partial charge < -0.3 is 5.11 Å². The van der Waals surface area contributed by atoms with Crippen molar-refractivity contribution in [3.8, 4) is 0 Å². The molecule has 1 atom stereocenters. The van der Waals surface area contributed by atoms with Crippen LogP contribution in [0.4, 0.5) is 0 Å². The molecule has 0 aliphatic rings. The van der Waals surface area contributed by atoms with Crippen LogP contribution < -0.4 is 0 Å². The number of carbonyl (C=O) groups excluding carboxylic acids is 1. The molecule has 2 heteroatoms. The number of aliphatic hydroxyl groups is 1. The molecular weight excluding hydrogens is 212 g/mol. The number of allylic oxidation sites excluding steroid dienone is 1. The Balaban J connectivity index is 2.54. The lowest BCUT2D eigenvalue weighted by Crippen LogP contribution is -2.11. The van der Waals surface area contributed by atoms with Crippen molar-refractivity contribution in [3.63, 3.8) is 0 Å². The number of carbonyl (C=O) groups is 1. The van der Waals surface area contributed by atoms with E-state index in [0.29, 0.717) is 6.42 Å². The van der Waals surface area contributed by atoms with Gasteiger partial charge in [-0.15, -0.1) is 0 Å². The molecule has 0 aliphatic carbocycles. The van der Waals surface area contributed by atoms with E-state index in [1.54, 1.807) is 6.08 Å². The Kier molecular flexibility index (Phi) is 5.64. The molecule has 1 unspecified atom stereocenters. The van der Waals surface area contributed by atoms with Gasteiger partial charge in [0, 0.05) is 6.42 Å². The number of aliphatic hydroxyl groups excluding tert-OH is 1. The fraction of sp³-hybridized carbons (Fsp3) is 0.400. The third kappa shape index (κ3) is 4.96. The summed E-state index contributed by atoms with van der Waals surface area (Å²) >= 11 is 0. The Morgan fingerprint density at radius 3 is 2.76 bits per heavy atom. The highest BCUT2D eigenvalue weighted by atomic mass is 16.3. The zero-order valence-electron chi connectivity index (χ0n) is 10.5. The van der Waals surface area contributed by atoms with Crippen LogP contribution in [-0.2, 0) is 4.79 Å². The first-order valence-corrected chi connectivity index (χ1v) is 6.08. The Hall–Kier alpha value is -1.41. The lowest BCUT2D eigenvalue weighted by molar-refractivity contribution is -0.116. The summed E-state index contributed by atoms with van der Waals surface area (Å²) in [6, 6.07) is 7.90. The highest BCUT2D eigenvalue weighted by molar-refractivity contribution is 5.94. The van der Waals surface area contributed by atoms with E-state index >= 15 is 0 Å². The average Bonchev–Trinajstić information content (AvgIpc) is 2.28. The first-order chi connectivity index (χ1) is 8.13. The maximum atomic E-state index is 11.6. The van der Waals surface area contributed by atoms with E-state index < -0.39 is 6.10 Å². The van der Waals surface area contributed by atoms with Gasteiger partial charge in [0.15, 0.2) is 5.78 Å². The summed E-state index contributed by atoms with van der Waals surface area (Å²) < 4.78 is 0. The molecule has 0 fully saturated rings. The van der Waals surface area contributed by atoms with Gasteiger partial charge in [0.25, 0.3) is 0 Å². The summed E-state index contributed by atoms with van der Waals surface area (Å²) in [6.07, 6.45) is 4.67. The van der Waals surface area contributed by atoms with Gasteiger partial charge in [-0.1, -0.05) is 43.7 Å². The smallest absolute Gasteiger partial charge is 0.158 e. The van der Waals surface area contributed by atoms with E-state index in [-0.39, 0.29) is 12.2 Å². The zero-order chi connectivity index (χ0) is 12.7. The van der Waals surface area contributed by atoms with E-state index in [0.717, 1.165) is 17.5 Å². The molecule has 1 rings (SSSR count). The first-order valence-electron chi connectivity index (χ1n) is 6.08. The van der Waals surface area contributed by atoms with Crippen LogP contribution in [0.3, 0.4) is 0 Å². The molecule has 1 N–H and O–H groups in total. The van der Waals surface area contributed by atoms with Crippen molar-refractivity contribution in [2.45, 2.75) is 39.2 Å². The van der Waals surface area contributed by atoms with Crippen LogP contribution in [0.15, 0.2) is 30.3 Å². The van der Waals surface area contributed by atoms with Crippen molar-refractivity contribution >= 4 is 11.9 Å². The second-order valence-electron chi connectivity index (χ2n) is 4.30. The summed E-state index contributed by atoms with van der Waals surface area (Å²) in [6.45, 7) is 4.01. The second kappa shape index (κ2) is 7.02. The molecule has 0 bridgehead atoms. The van der Waals surface area contributed by atoms with Crippen LogP contribution in [0, 0.1) is 6.92 Å². The molecule has 1 aromatic carbocycles. The van der Waals surface area contributed by atoms with Crippen molar-refractivity contribution in [1.29, 1.82) is 0 Å². The van der Waals surface area contributed by atoms with Crippen molar-refractivity contribution in [2.75, 3.05) is 0 Å². The van der Waals surface area contributed by atoms with Gasteiger partial charge in [-0.25, -0.2) is 0 Å². The molecule has 92 valence electrons. The standard InChI is InChI=1S/C15H20O2/c1-3-6-14(16)11-15(17)10-9-13-8-5-4-7-12(13)2/h4-5,7-10,14,16H,3,6,11H2,1-2H3/b10-9+. The van der Waals surface area contributed by atoms with Crippen molar-refractivity contribution < 1.29 is 9.90 Å². The lowest BCUT2D eigenvalue weighted by Gasteiger charge is -2.05. The minimum atomic E-state index is -0.506. The Bertz CT molecular complexity index is 394. The number of benzene rings is 1. The lowest BCUT2D eigenvalue weighted by atomic mass is 10.1. The predicted octanol–water partition coefficient (Wildman–Crippen LogP) is 3.13. The molecule has 0 aromatic heterocycles. The van der Waals surface area contributed by atoms with Crippen LogP contribution >= 0.6 is 0 Å². The Morgan fingerprint density at radius 2 is 2.12 bits per heavy atom. The molecule has 0 heterocycles. The van der Waals surface area contributed by atoms with Crippen LogP contribution in [0.25, 0.3) is 6.08 Å². The fourth-order valence-corrected chi connectivity index (χ4v) is 1.69. The average molecular weight is 232 g/mol. The normalized spacial score (nSPS) is 12.9. The van der Waals surface area contributed by atoms with Crippen molar-refractivity contribution in [3.05, 3.63) is 41.5 Å². The minimum absolute atomic E-state index is 0.0193. The van der Waals surface area contributed by atoms with Gasteiger partial charge in [-0.05, 0) is 30.5 Å². The van der Waals surface area contributed by atoms with Crippen LogP contribution in [0.2, 0.25) is 0 Å². The summed E-state index contributed by atoms with van der Waals surface area (Å²) in [4.78, 5) is 11.6. The number of aryl methyl sites for hydroxylation is 1. The van der Waals surface area contributed by atoms with E-state index in [1.807, 2.05) is 44.2 Å². The Labute approximate surface area is 103 Å². The van der Waals surface area contributed by atoms with E-state index in [2.05, 4.69) is 0 Å². The number of ketones is 1. The number of rotatable bonds is 6. The van der Waals surface area contributed by atoms with Gasteiger partial charge in [-0.3, -0.25) is 4.79 Å². The summed E-state index contributed by atoms with van der Waals surface area (Å²) in [5.74, 6) is -0.0193. The molecule has 0 radical (unpaired) electrons. The minimum Gasteiger partial charge on any atom is -0.393 e. The zero-order valence-corrected chi connectivity index (χ0v) is 10.5. The molecule has 0 aliphatic heterocycles. The van der Waals surface area contributed by atoms with Gasteiger partial charge in [0.1, 0.15) is 0 Å². The van der Waals surface area contributed by atoms with Gasteiger partial charge in [0.05, 0.1) is 6.10 Å². The maximum absolute atomic E-state index is 11.6. The molecule has 1 aromatic rings. The molecule has 2 nitrogen and oxygen atoms in total. The monoisotopic (exact) mass is 232 g/mol. The molecule has 0 saturated heterocycles. The van der Waals surface area contributed by atoms with Gasteiger partial charge in [0.2, 0.25) is 0 Å². The quantitative estimate of drug-likeness (QED) is 0.765. The van der Waals surface area contributed by atoms with Crippen LogP contribution in [-0.4, -0.2) is 17.0 Å².